The molecule has 0 spiro atoms. The molecule has 1 aliphatic rings. The van der Waals surface area contributed by atoms with Gasteiger partial charge in [-0.1, -0.05) is 25.0 Å². The van der Waals surface area contributed by atoms with Crippen LogP contribution < -0.4 is 5.32 Å². The van der Waals surface area contributed by atoms with Crippen LogP contribution in [0.1, 0.15) is 52.1 Å². The fourth-order valence-corrected chi connectivity index (χ4v) is 3.01. The van der Waals surface area contributed by atoms with E-state index in [2.05, 4.69) is 10.3 Å². The Morgan fingerprint density at radius 1 is 1.08 bits per heavy atom. The van der Waals surface area contributed by atoms with E-state index in [4.69, 9.17) is 5.26 Å². The van der Waals surface area contributed by atoms with Gasteiger partial charge in [0.15, 0.2) is 0 Å². The predicted molar refractivity (Wildman–Crippen MR) is 97.7 cm³/mol. The topological polar surface area (TPSA) is 86.1 Å². The van der Waals surface area contributed by atoms with Crippen molar-refractivity contribution in [3.8, 4) is 6.07 Å². The largest absolute Gasteiger partial charge is 0.337 e. The SMILES string of the molecule is N#Cc1ccccc1NC(=O)c1ccnc(C(=O)N2CCCCCC2)c1. The van der Waals surface area contributed by atoms with Gasteiger partial charge in [-0.15, -0.1) is 0 Å². The fraction of sp³-hybridized carbons (Fsp3) is 0.300. The van der Waals surface area contributed by atoms with Gasteiger partial charge in [-0.05, 0) is 37.1 Å². The minimum atomic E-state index is -0.375. The maximum absolute atomic E-state index is 12.7. The van der Waals surface area contributed by atoms with Crippen molar-refractivity contribution < 1.29 is 9.59 Å². The standard InChI is InChI=1S/C20H20N4O2/c21-14-16-7-3-4-8-17(16)23-19(25)15-9-10-22-18(13-15)20(26)24-11-5-1-2-6-12-24/h3-4,7-10,13H,1-2,5-6,11-12H2,(H,23,25). The quantitative estimate of drug-likeness (QED) is 0.923. The second-order valence-electron chi connectivity index (χ2n) is 6.25. The Labute approximate surface area is 152 Å². The van der Waals surface area contributed by atoms with Crippen LogP contribution in [0, 0.1) is 11.3 Å². The Balaban J connectivity index is 1.77. The minimum absolute atomic E-state index is 0.140. The van der Waals surface area contributed by atoms with E-state index in [-0.39, 0.29) is 17.5 Å². The molecule has 0 saturated carbocycles. The number of amides is 2. The summed E-state index contributed by atoms with van der Waals surface area (Å²) in [5.41, 5.74) is 1.44. The lowest BCUT2D eigenvalue weighted by atomic mass is 10.1. The summed E-state index contributed by atoms with van der Waals surface area (Å²) >= 11 is 0. The van der Waals surface area contributed by atoms with Crippen LogP contribution in [0.2, 0.25) is 0 Å². The first-order valence-electron chi connectivity index (χ1n) is 8.75. The molecular weight excluding hydrogens is 328 g/mol. The lowest BCUT2D eigenvalue weighted by molar-refractivity contribution is 0.0755. The molecule has 0 unspecified atom stereocenters. The van der Waals surface area contributed by atoms with Crippen molar-refractivity contribution in [1.82, 2.24) is 9.88 Å². The Morgan fingerprint density at radius 2 is 1.81 bits per heavy atom. The maximum atomic E-state index is 12.7. The molecule has 0 bridgehead atoms. The van der Waals surface area contributed by atoms with Gasteiger partial charge in [-0.25, -0.2) is 0 Å². The number of nitrogens with zero attached hydrogens (tertiary/aromatic N) is 3. The second-order valence-corrected chi connectivity index (χ2v) is 6.25. The van der Waals surface area contributed by atoms with E-state index in [0.717, 1.165) is 38.8 Å². The summed E-state index contributed by atoms with van der Waals surface area (Å²) in [4.78, 5) is 31.1. The van der Waals surface area contributed by atoms with E-state index < -0.39 is 0 Å². The third-order valence-corrected chi connectivity index (χ3v) is 4.43. The van der Waals surface area contributed by atoms with Crippen molar-refractivity contribution in [1.29, 1.82) is 5.26 Å². The third kappa shape index (κ3) is 4.06. The zero-order valence-corrected chi connectivity index (χ0v) is 14.4. The van der Waals surface area contributed by atoms with Gasteiger partial charge in [0.05, 0.1) is 11.3 Å². The molecule has 2 amide bonds. The Hall–Kier alpha value is -3.20. The summed E-state index contributed by atoms with van der Waals surface area (Å²) in [6.45, 7) is 1.46. The molecule has 1 aromatic heterocycles. The zero-order valence-electron chi connectivity index (χ0n) is 14.4. The highest BCUT2D eigenvalue weighted by atomic mass is 16.2. The molecule has 1 saturated heterocycles. The van der Waals surface area contributed by atoms with Gasteiger partial charge in [-0.3, -0.25) is 14.6 Å². The van der Waals surface area contributed by atoms with Gasteiger partial charge in [0, 0.05) is 24.8 Å². The summed E-state index contributed by atoms with van der Waals surface area (Å²) in [5.74, 6) is -0.515. The van der Waals surface area contributed by atoms with Gasteiger partial charge in [0.25, 0.3) is 11.8 Å². The van der Waals surface area contributed by atoms with E-state index >= 15 is 0 Å². The third-order valence-electron chi connectivity index (χ3n) is 4.43. The number of carbonyl (C=O) groups is 2. The second kappa shape index (κ2) is 8.26. The van der Waals surface area contributed by atoms with Crippen LogP contribution in [0.15, 0.2) is 42.6 Å². The van der Waals surface area contributed by atoms with Crippen molar-refractivity contribution >= 4 is 17.5 Å². The predicted octanol–water partition coefficient (Wildman–Crippen LogP) is 3.22. The molecule has 0 atom stereocenters. The van der Waals surface area contributed by atoms with Crippen LogP contribution in [0.25, 0.3) is 0 Å². The van der Waals surface area contributed by atoms with Crippen molar-refractivity contribution in [3.63, 3.8) is 0 Å². The number of aromatic nitrogens is 1. The highest BCUT2D eigenvalue weighted by Crippen LogP contribution is 2.16. The first-order chi connectivity index (χ1) is 12.7. The summed E-state index contributed by atoms with van der Waals surface area (Å²) in [5, 5.41) is 11.8. The molecular formula is C20H20N4O2. The number of anilines is 1. The molecule has 26 heavy (non-hydrogen) atoms. The van der Waals surface area contributed by atoms with E-state index in [1.54, 1.807) is 30.3 Å². The Morgan fingerprint density at radius 3 is 2.54 bits per heavy atom. The molecule has 1 N–H and O–H groups in total. The summed E-state index contributed by atoms with van der Waals surface area (Å²) in [6, 6.07) is 11.9. The van der Waals surface area contributed by atoms with Gasteiger partial charge in [0.2, 0.25) is 0 Å². The van der Waals surface area contributed by atoms with Crippen molar-refractivity contribution in [3.05, 3.63) is 59.4 Å². The van der Waals surface area contributed by atoms with E-state index in [0.29, 0.717) is 16.8 Å². The van der Waals surface area contributed by atoms with E-state index in [1.165, 1.54) is 12.3 Å². The van der Waals surface area contributed by atoms with Crippen LogP contribution in [0.5, 0.6) is 0 Å². The number of nitrogens with one attached hydrogen (secondary N) is 1. The van der Waals surface area contributed by atoms with E-state index in [9.17, 15) is 9.59 Å². The number of hydrogen-bond acceptors (Lipinski definition) is 4. The smallest absolute Gasteiger partial charge is 0.272 e. The molecule has 0 radical (unpaired) electrons. The van der Waals surface area contributed by atoms with Crippen molar-refractivity contribution in [2.24, 2.45) is 0 Å². The first kappa shape index (κ1) is 17.6. The number of pyridine rings is 1. The molecule has 6 heteroatoms. The number of nitriles is 1. The molecule has 2 heterocycles. The normalized spacial score (nSPS) is 14.2. The molecule has 2 aromatic rings. The van der Waals surface area contributed by atoms with Gasteiger partial charge < -0.3 is 10.2 Å². The molecule has 1 fully saturated rings. The minimum Gasteiger partial charge on any atom is -0.337 e. The van der Waals surface area contributed by atoms with Crippen LogP contribution in [0.4, 0.5) is 5.69 Å². The van der Waals surface area contributed by atoms with Crippen LogP contribution in [-0.2, 0) is 0 Å². The zero-order chi connectivity index (χ0) is 18.4. The molecule has 3 rings (SSSR count). The fourth-order valence-electron chi connectivity index (χ4n) is 3.01. The van der Waals surface area contributed by atoms with Crippen molar-refractivity contribution in [2.45, 2.75) is 25.7 Å². The molecule has 0 aliphatic carbocycles. The number of benzene rings is 1. The average Bonchev–Trinajstić information content (AvgIpc) is 2.97. The highest BCUT2D eigenvalue weighted by Gasteiger charge is 2.20. The summed E-state index contributed by atoms with van der Waals surface area (Å²) in [7, 11) is 0. The number of rotatable bonds is 3. The van der Waals surface area contributed by atoms with Crippen LogP contribution in [-0.4, -0.2) is 34.8 Å². The van der Waals surface area contributed by atoms with Crippen molar-refractivity contribution in [2.75, 3.05) is 18.4 Å². The van der Waals surface area contributed by atoms with Crippen LogP contribution >= 0.6 is 0 Å². The number of likely N-dealkylation sites (tertiary alicyclic amines) is 1. The number of hydrogen-bond donors (Lipinski definition) is 1. The summed E-state index contributed by atoms with van der Waals surface area (Å²) < 4.78 is 0. The highest BCUT2D eigenvalue weighted by molar-refractivity contribution is 6.06. The Bertz CT molecular complexity index is 849. The van der Waals surface area contributed by atoms with Crippen LogP contribution in [0.3, 0.4) is 0 Å². The summed E-state index contributed by atoms with van der Waals surface area (Å²) in [6.07, 6.45) is 5.74. The first-order valence-corrected chi connectivity index (χ1v) is 8.75. The molecule has 1 aromatic carbocycles. The Kier molecular flexibility index (Phi) is 5.59. The molecule has 6 nitrogen and oxygen atoms in total. The lowest BCUT2D eigenvalue weighted by Gasteiger charge is -2.19. The van der Waals surface area contributed by atoms with E-state index in [1.807, 2.05) is 11.0 Å². The lowest BCUT2D eigenvalue weighted by Crippen LogP contribution is -2.32. The molecule has 132 valence electrons. The number of carbonyl (C=O) groups excluding carboxylic acids is 2. The average molecular weight is 348 g/mol. The molecule has 1 aliphatic heterocycles. The maximum Gasteiger partial charge on any atom is 0.272 e. The number of para-hydroxylation sites is 1. The van der Waals surface area contributed by atoms with Gasteiger partial charge >= 0.3 is 0 Å². The van der Waals surface area contributed by atoms with Gasteiger partial charge in [0.1, 0.15) is 11.8 Å². The monoisotopic (exact) mass is 348 g/mol. The van der Waals surface area contributed by atoms with Gasteiger partial charge in [-0.2, -0.15) is 5.26 Å².